The predicted octanol–water partition coefficient (Wildman–Crippen LogP) is 2.61. The second kappa shape index (κ2) is 4.88. The second-order valence-corrected chi connectivity index (χ2v) is 3.62. The molecule has 88 valence electrons. The van der Waals surface area contributed by atoms with Gasteiger partial charge in [-0.2, -0.15) is 0 Å². The summed E-state index contributed by atoms with van der Waals surface area (Å²) in [6.07, 6.45) is 1.31. The average Bonchev–Trinajstić information content (AvgIpc) is 2.75. The number of aromatic nitrogens is 1. The summed E-state index contributed by atoms with van der Waals surface area (Å²) in [5.41, 5.74) is 0. The van der Waals surface area contributed by atoms with Gasteiger partial charge in [-0.05, 0) is 18.2 Å². The van der Waals surface area contributed by atoms with Crippen molar-refractivity contribution in [2.24, 2.45) is 0 Å². The number of rotatable bonds is 4. The first-order valence-electron chi connectivity index (χ1n) is 4.71. The fraction of sp³-hybridized carbons (Fsp3) is 0.0909. The van der Waals surface area contributed by atoms with Gasteiger partial charge in [0.25, 0.3) is 0 Å². The zero-order chi connectivity index (χ0) is 12.3. The summed E-state index contributed by atoms with van der Waals surface area (Å²) in [5.74, 6) is -0.651. The van der Waals surface area contributed by atoms with Crippen LogP contribution < -0.4 is 4.74 Å². The van der Waals surface area contributed by atoms with Gasteiger partial charge in [0.2, 0.25) is 0 Å². The number of carboxylic acid groups (broad SMARTS) is 1. The quantitative estimate of drug-likeness (QED) is 0.907. The minimum absolute atomic E-state index is 0.0978. The zero-order valence-corrected chi connectivity index (χ0v) is 9.35. The molecule has 0 atom stereocenters. The Morgan fingerprint density at radius 1 is 1.53 bits per heavy atom. The standard InChI is InChI=1S/C11H8ClNO4/c12-7-2-1-3-8(4-7)16-6-9-5-13-10(17-9)11(14)15/h1-5H,6H2,(H,14,15). The number of hydrogen-bond donors (Lipinski definition) is 1. The van der Waals surface area contributed by atoms with Gasteiger partial charge in [0.1, 0.15) is 12.4 Å². The summed E-state index contributed by atoms with van der Waals surface area (Å²) in [7, 11) is 0. The Bertz CT molecular complexity index is 538. The second-order valence-electron chi connectivity index (χ2n) is 3.18. The van der Waals surface area contributed by atoms with E-state index in [1.807, 2.05) is 0 Å². The first kappa shape index (κ1) is 11.5. The molecular formula is C11H8ClNO4. The van der Waals surface area contributed by atoms with Gasteiger partial charge in [0.05, 0.1) is 6.20 Å². The lowest BCUT2D eigenvalue weighted by atomic mass is 10.3. The Morgan fingerprint density at radius 2 is 2.35 bits per heavy atom. The monoisotopic (exact) mass is 253 g/mol. The van der Waals surface area contributed by atoms with Crippen LogP contribution in [0.3, 0.4) is 0 Å². The molecule has 6 heteroatoms. The highest BCUT2D eigenvalue weighted by atomic mass is 35.5. The molecule has 0 aliphatic heterocycles. The van der Waals surface area contributed by atoms with E-state index in [1.165, 1.54) is 6.20 Å². The average molecular weight is 254 g/mol. The van der Waals surface area contributed by atoms with Gasteiger partial charge in [-0.3, -0.25) is 0 Å². The van der Waals surface area contributed by atoms with E-state index in [0.717, 1.165) is 0 Å². The maximum absolute atomic E-state index is 10.5. The summed E-state index contributed by atoms with van der Waals surface area (Å²) in [5, 5.41) is 9.17. The van der Waals surface area contributed by atoms with Gasteiger partial charge in [-0.25, -0.2) is 9.78 Å². The van der Waals surface area contributed by atoms with Crippen molar-refractivity contribution in [3.05, 3.63) is 47.1 Å². The largest absolute Gasteiger partial charge is 0.486 e. The third-order valence-electron chi connectivity index (χ3n) is 1.91. The number of hydrogen-bond acceptors (Lipinski definition) is 4. The molecule has 0 radical (unpaired) electrons. The maximum Gasteiger partial charge on any atom is 0.392 e. The van der Waals surface area contributed by atoms with Crippen LogP contribution in [0.1, 0.15) is 16.4 Å². The molecule has 0 fully saturated rings. The minimum Gasteiger partial charge on any atom is -0.486 e. The smallest absolute Gasteiger partial charge is 0.392 e. The Morgan fingerprint density at radius 3 is 3.00 bits per heavy atom. The molecule has 0 unspecified atom stereocenters. The van der Waals surface area contributed by atoms with Gasteiger partial charge in [-0.15, -0.1) is 0 Å². The van der Waals surface area contributed by atoms with E-state index in [1.54, 1.807) is 24.3 Å². The number of halogens is 1. The number of oxazole rings is 1. The van der Waals surface area contributed by atoms with Gasteiger partial charge < -0.3 is 14.3 Å². The molecule has 0 aliphatic carbocycles. The van der Waals surface area contributed by atoms with E-state index in [2.05, 4.69) is 4.98 Å². The van der Waals surface area contributed by atoms with Crippen molar-refractivity contribution in [3.8, 4) is 5.75 Å². The van der Waals surface area contributed by atoms with Crippen molar-refractivity contribution in [2.45, 2.75) is 6.61 Å². The highest BCUT2D eigenvalue weighted by Crippen LogP contribution is 2.18. The van der Waals surface area contributed by atoms with Crippen molar-refractivity contribution >= 4 is 17.6 Å². The predicted molar refractivity (Wildman–Crippen MR) is 59.2 cm³/mol. The van der Waals surface area contributed by atoms with Gasteiger partial charge in [0.15, 0.2) is 5.76 Å². The van der Waals surface area contributed by atoms with E-state index in [0.29, 0.717) is 16.5 Å². The Kier molecular flexibility index (Phi) is 3.30. The Balaban J connectivity index is 2.00. The molecule has 0 spiro atoms. The maximum atomic E-state index is 10.5. The molecule has 0 aliphatic rings. The van der Waals surface area contributed by atoms with Gasteiger partial charge in [-0.1, -0.05) is 17.7 Å². The molecule has 1 aromatic heterocycles. The van der Waals surface area contributed by atoms with Crippen LogP contribution in [0.25, 0.3) is 0 Å². The molecule has 5 nitrogen and oxygen atoms in total. The highest BCUT2D eigenvalue weighted by Gasteiger charge is 2.11. The van der Waals surface area contributed by atoms with Crippen LogP contribution in [-0.4, -0.2) is 16.1 Å². The third kappa shape index (κ3) is 2.98. The lowest BCUT2D eigenvalue weighted by Gasteiger charge is -2.03. The van der Waals surface area contributed by atoms with E-state index in [-0.39, 0.29) is 12.5 Å². The fourth-order valence-electron chi connectivity index (χ4n) is 1.18. The molecule has 2 aromatic rings. The summed E-state index contributed by atoms with van der Waals surface area (Å²) in [4.78, 5) is 14.1. The molecule has 1 aromatic carbocycles. The van der Waals surface area contributed by atoms with Crippen LogP contribution in [0.4, 0.5) is 0 Å². The van der Waals surface area contributed by atoms with Crippen LogP contribution in [0.15, 0.2) is 34.9 Å². The van der Waals surface area contributed by atoms with Crippen molar-refractivity contribution in [1.29, 1.82) is 0 Å². The topological polar surface area (TPSA) is 72.6 Å². The van der Waals surface area contributed by atoms with Gasteiger partial charge in [0, 0.05) is 5.02 Å². The molecule has 1 heterocycles. The zero-order valence-electron chi connectivity index (χ0n) is 8.59. The van der Waals surface area contributed by atoms with E-state index >= 15 is 0 Å². The van der Waals surface area contributed by atoms with Crippen molar-refractivity contribution in [2.75, 3.05) is 0 Å². The molecule has 0 saturated carbocycles. The number of benzene rings is 1. The summed E-state index contributed by atoms with van der Waals surface area (Å²) in [6, 6.07) is 6.86. The molecule has 1 N–H and O–H groups in total. The summed E-state index contributed by atoms with van der Waals surface area (Å²) >= 11 is 5.78. The molecule has 0 amide bonds. The van der Waals surface area contributed by atoms with Crippen LogP contribution in [0, 0.1) is 0 Å². The summed E-state index contributed by atoms with van der Waals surface area (Å²) < 4.78 is 10.3. The Hall–Kier alpha value is -2.01. The third-order valence-corrected chi connectivity index (χ3v) is 2.15. The van der Waals surface area contributed by atoms with Crippen LogP contribution in [0.5, 0.6) is 5.75 Å². The number of aromatic carboxylic acids is 1. The lowest BCUT2D eigenvalue weighted by molar-refractivity contribution is 0.0649. The van der Waals surface area contributed by atoms with Crippen molar-refractivity contribution in [1.82, 2.24) is 4.98 Å². The van der Waals surface area contributed by atoms with E-state index in [4.69, 9.17) is 25.9 Å². The minimum atomic E-state index is -1.21. The van der Waals surface area contributed by atoms with Crippen LogP contribution >= 0.6 is 11.6 Å². The van der Waals surface area contributed by atoms with Crippen LogP contribution in [0.2, 0.25) is 5.02 Å². The molecule has 0 saturated heterocycles. The number of ether oxygens (including phenoxy) is 1. The lowest BCUT2D eigenvalue weighted by Crippen LogP contribution is -1.96. The molecule has 2 rings (SSSR count). The number of carbonyl (C=O) groups is 1. The number of nitrogens with zero attached hydrogens (tertiary/aromatic N) is 1. The van der Waals surface area contributed by atoms with Crippen molar-refractivity contribution in [3.63, 3.8) is 0 Å². The van der Waals surface area contributed by atoms with Crippen molar-refractivity contribution < 1.29 is 19.1 Å². The van der Waals surface area contributed by atoms with Crippen LogP contribution in [-0.2, 0) is 6.61 Å². The van der Waals surface area contributed by atoms with E-state index in [9.17, 15) is 4.79 Å². The van der Waals surface area contributed by atoms with E-state index < -0.39 is 5.97 Å². The Labute approximate surface area is 102 Å². The molecular weight excluding hydrogens is 246 g/mol. The highest BCUT2D eigenvalue weighted by molar-refractivity contribution is 6.30. The van der Waals surface area contributed by atoms with Gasteiger partial charge >= 0.3 is 11.9 Å². The normalized spacial score (nSPS) is 10.2. The first-order chi connectivity index (χ1) is 8.15. The molecule has 17 heavy (non-hydrogen) atoms. The summed E-state index contributed by atoms with van der Waals surface area (Å²) in [6.45, 7) is 0.0978. The fourth-order valence-corrected chi connectivity index (χ4v) is 1.36. The molecule has 0 bridgehead atoms. The SMILES string of the molecule is O=C(O)c1ncc(COc2cccc(Cl)c2)o1. The first-order valence-corrected chi connectivity index (χ1v) is 5.09. The number of carboxylic acids is 1.